The summed E-state index contributed by atoms with van der Waals surface area (Å²) in [5, 5.41) is 4.47. The van der Waals surface area contributed by atoms with Crippen LogP contribution in [0.25, 0.3) is 10.6 Å². The van der Waals surface area contributed by atoms with Gasteiger partial charge in [0.25, 0.3) is 0 Å². The lowest BCUT2D eigenvalue weighted by atomic mass is 10.1. The van der Waals surface area contributed by atoms with Gasteiger partial charge in [0.15, 0.2) is 0 Å². The zero-order valence-electron chi connectivity index (χ0n) is 11.9. The Morgan fingerprint density at radius 2 is 2.15 bits per heavy atom. The van der Waals surface area contributed by atoms with E-state index in [1.807, 2.05) is 18.2 Å². The summed E-state index contributed by atoms with van der Waals surface area (Å²) < 4.78 is 10.8. The predicted octanol–water partition coefficient (Wildman–Crippen LogP) is 3.03. The molecule has 1 atom stereocenters. The van der Waals surface area contributed by atoms with Crippen molar-refractivity contribution in [3.8, 4) is 22.1 Å². The standard InChI is InChI=1S/C15H18N2O2S/c1-9-14-12(6-7-16-9)17-15(20-14)11-8-10(18-2)4-5-13(11)19-3/h4-5,8-9,16H,6-7H2,1-3H3. The largest absolute Gasteiger partial charge is 0.497 e. The number of benzene rings is 1. The van der Waals surface area contributed by atoms with Gasteiger partial charge in [0, 0.05) is 23.9 Å². The van der Waals surface area contributed by atoms with Crippen molar-refractivity contribution in [2.45, 2.75) is 19.4 Å². The average molecular weight is 290 g/mol. The van der Waals surface area contributed by atoms with Crippen molar-refractivity contribution in [1.29, 1.82) is 0 Å². The molecule has 1 aliphatic heterocycles. The fraction of sp³-hybridized carbons (Fsp3) is 0.400. The monoisotopic (exact) mass is 290 g/mol. The van der Waals surface area contributed by atoms with E-state index in [1.165, 1.54) is 10.6 Å². The van der Waals surface area contributed by atoms with Crippen LogP contribution in [0, 0.1) is 0 Å². The molecular formula is C15H18N2O2S. The zero-order valence-corrected chi connectivity index (χ0v) is 12.7. The number of hydrogen-bond acceptors (Lipinski definition) is 5. The Labute approximate surface area is 122 Å². The highest BCUT2D eigenvalue weighted by molar-refractivity contribution is 7.15. The first-order chi connectivity index (χ1) is 9.72. The van der Waals surface area contributed by atoms with Crippen molar-refractivity contribution < 1.29 is 9.47 Å². The average Bonchev–Trinajstić information content (AvgIpc) is 2.92. The first kappa shape index (κ1) is 13.4. The SMILES string of the molecule is COc1ccc(OC)c(-c2nc3c(s2)C(C)NCC3)c1. The molecule has 4 nitrogen and oxygen atoms in total. The number of aromatic nitrogens is 1. The third kappa shape index (κ3) is 2.27. The highest BCUT2D eigenvalue weighted by atomic mass is 32.1. The van der Waals surface area contributed by atoms with Crippen LogP contribution in [0.4, 0.5) is 0 Å². The van der Waals surface area contributed by atoms with Crippen LogP contribution in [0.15, 0.2) is 18.2 Å². The van der Waals surface area contributed by atoms with Gasteiger partial charge in [-0.15, -0.1) is 11.3 Å². The number of nitrogens with zero attached hydrogens (tertiary/aromatic N) is 1. The Morgan fingerprint density at radius 3 is 2.85 bits per heavy atom. The number of nitrogens with one attached hydrogen (secondary N) is 1. The fourth-order valence-corrected chi connectivity index (χ4v) is 3.64. The second-order valence-corrected chi connectivity index (χ2v) is 5.85. The summed E-state index contributed by atoms with van der Waals surface area (Å²) >= 11 is 1.74. The zero-order chi connectivity index (χ0) is 14.1. The first-order valence-electron chi connectivity index (χ1n) is 6.68. The number of fused-ring (bicyclic) bond motifs is 1. The molecule has 1 aromatic heterocycles. The first-order valence-corrected chi connectivity index (χ1v) is 7.50. The molecule has 3 rings (SSSR count). The summed E-state index contributed by atoms with van der Waals surface area (Å²) in [7, 11) is 3.35. The van der Waals surface area contributed by atoms with Crippen LogP contribution in [0.1, 0.15) is 23.5 Å². The maximum atomic E-state index is 5.45. The fourth-order valence-electron chi connectivity index (χ4n) is 2.48. The molecule has 1 aliphatic rings. The lowest BCUT2D eigenvalue weighted by Crippen LogP contribution is -2.26. The quantitative estimate of drug-likeness (QED) is 0.943. The number of rotatable bonds is 3. The van der Waals surface area contributed by atoms with Crippen LogP contribution in [0.3, 0.4) is 0 Å². The number of thiazole rings is 1. The molecule has 106 valence electrons. The summed E-state index contributed by atoms with van der Waals surface area (Å²) in [5.41, 5.74) is 2.21. The molecule has 0 spiro atoms. The van der Waals surface area contributed by atoms with Crippen LogP contribution in [-0.4, -0.2) is 25.7 Å². The summed E-state index contributed by atoms with van der Waals surface area (Å²) in [6.07, 6.45) is 0.989. The van der Waals surface area contributed by atoms with Gasteiger partial charge < -0.3 is 14.8 Å². The topological polar surface area (TPSA) is 43.4 Å². The van der Waals surface area contributed by atoms with Crippen molar-refractivity contribution in [3.63, 3.8) is 0 Å². The van der Waals surface area contributed by atoms with Gasteiger partial charge >= 0.3 is 0 Å². The van der Waals surface area contributed by atoms with Gasteiger partial charge in [0.05, 0.1) is 25.5 Å². The minimum absolute atomic E-state index is 0.376. The Morgan fingerprint density at radius 1 is 1.30 bits per heavy atom. The van der Waals surface area contributed by atoms with E-state index in [9.17, 15) is 0 Å². The minimum Gasteiger partial charge on any atom is -0.497 e. The van der Waals surface area contributed by atoms with E-state index >= 15 is 0 Å². The molecule has 0 saturated heterocycles. The van der Waals surface area contributed by atoms with Crippen molar-refractivity contribution in [3.05, 3.63) is 28.8 Å². The van der Waals surface area contributed by atoms with Crippen molar-refractivity contribution in [2.24, 2.45) is 0 Å². The molecule has 0 aliphatic carbocycles. The second-order valence-electron chi connectivity index (χ2n) is 4.82. The summed E-state index contributed by atoms with van der Waals surface area (Å²) in [6.45, 7) is 3.18. The molecule has 20 heavy (non-hydrogen) atoms. The molecular weight excluding hydrogens is 272 g/mol. The Balaban J connectivity index is 2.08. The van der Waals surface area contributed by atoms with E-state index in [4.69, 9.17) is 14.5 Å². The molecule has 2 aromatic rings. The van der Waals surface area contributed by atoms with E-state index in [1.54, 1.807) is 25.6 Å². The van der Waals surface area contributed by atoms with E-state index in [0.29, 0.717) is 6.04 Å². The van der Waals surface area contributed by atoms with E-state index in [2.05, 4.69) is 12.2 Å². The van der Waals surface area contributed by atoms with Crippen LogP contribution in [0.2, 0.25) is 0 Å². The number of ether oxygens (including phenoxy) is 2. The molecule has 0 bridgehead atoms. The number of hydrogen-bond donors (Lipinski definition) is 1. The molecule has 1 N–H and O–H groups in total. The lowest BCUT2D eigenvalue weighted by molar-refractivity contribution is 0.404. The second kappa shape index (κ2) is 5.42. The van der Waals surface area contributed by atoms with Crippen LogP contribution < -0.4 is 14.8 Å². The molecule has 1 unspecified atom stereocenters. The van der Waals surface area contributed by atoms with Gasteiger partial charge in [-0.3, -0.25) is 0 Å². The lowest BCUT2D eigenvalue weighted by Gasteiger charge is -2.18. The van der Waals surface area contributed by atoms with Crippen LogP contribution >= 0.6 is 11.3 Å². The maximum Gasteiger partial charge on any atom is 0.129 e. The van der Waals surface area contributed by atoms with Gasteiger partial charge in [-0.05, 0) is 25.1 Å². The third-order valence-electron chi connectivity index (χ3n) is 3.57. The maximum absolute atomic E-state index is 5.45. The number of methoxy groups -OCH3 is 2. The molecule has 1 aromatic carbocycles. The Hall–Kier alpha value is -1.59. The normalized spacial score (nSPS) is 17.6. The van der Waals surface area contributed by atoms with Crippen LogP contribution in [-0.2, 0) is 6.42 Å². The summed E-state index contributed by atoms with van der Waals surface area (Å²) in [4.78, 5) is 6.13. The van der Waals surface area contributed by atoms with Crippen LogP contribution in [0.5, 0.6) is 11.5 Å². The van der Waals surface area contributed by atoms with Crippen molar-refractivity contribution in [1.82, 2.24) is 10.3 Å². The highest BCUT2D eigenvalue weighted by Crippen LogP contribution is 2.39. The smallest absolute Gasteiger partial charge is 0.129 e. The summed E-state index contributed by atoms with van der Waals surface area (Å²) in [5.74, 6) is 1.65. The molecule has 2 heterocycles. The molecule has 0 radical (unpaired) electrons. The molecule has 5 heteroatoms. The third-order valence-corrected chi connectivity index (χ3v) is 4.88. The molecule has 0 fully saturated rings. The summed E-state index contributed by atoms with van der Waals surface area (Å²) in [6, 6.07) is 6.19. The van der Waals surface area contributed by atoms with Gasteiger partial charge in [-0.25, -0.2) is 4.98 Å². The molecule has 0 saturated carbocycles. The Bertz CT molecular complexity index is 624. The van der Waals surface area contributed by atoms with E-state index in [-0.39, 0.29) is 0 Å². The van der Waals surface area contributed by atoms with Crippen molar-refractivity contribution in [2.75, 3.05) is 20.8 Å². The Kier molecular flexibility index (Phi) is 3.63. The van der Waals surface area contributed by atoms with Gasteiger partial charge in [-0.1, -0.05) is 0 Å². The molecule has 0 amide bonds. The van der Waals surface area contributed by atoms with E-state index in [0.717, 1.165) is 35.0 Å². The predicted molar refractivity (Wildman–Crippen MR) is 80.8 cm³/mol. The van der Waals surface area contributed by atoms with Gasteiger partial charge in [0.1, 0.15) is 16.5 Å². The van der Waals surface area contributed by atoms with Gasteiger partial charge in [-0.2, -0.15) is 0 Å². The van der Waals surface area contributed by atoms with Crippen molar-refractivity contribution >= 4 is 11.3 Å². The minimum atomic E-state index is 0.376. The highest BCUT2D eigenvalue weighted by Gasteiger charge is 2.22. The van der Waals surface area contributed by atoms with Gasteiger partial charge in [0.2, 0.25) is 0 Å². The van der Waals surface area contributed by atoms with E-state index < -0.39 is 0 Å².